The number of hydrogen-bond donors (Lipinski definition) is 0. The zero-order valence-corrected chi connectivity index (χ0v) is 8.94. The second-order valence-electron chi connectivity index (χ2n) is 2.62. The van der Waals surface area contributed by atoms with E-state index in [9.17, 15) is 0 Å². The highest BCUT2D eigenvalue weighted by molar-refractivity contribution is 9.09. The van der Waals surface area contributed by atoms with Crippen LogP contribution >= 0.6 is 27.3 Å². The molecule has 0 fully saturated rings. The molecule has 0 radical (unpaired) electrons. The molecule has 0 unspecified atom stereocenters. The quantitative estimate of drug-likeness (QED) is 0.760. The van der Waals surface area contributed by atoms with Crippen LogP contribution in [-0.2, 0) is 6.42 Å². The summed E-state index contributed by atoms with van der Waals surface area (Å²) in [7, 11) is 0. The van der Waals surface area contributed by atoms with Crippen LogP contribution in [0.15, 0.2) is 17.8 Å². The highest BCUT2D eigenvalue weighted by Gasteiger charge is 2.00. The van der Waals surface area contributed by atoms with Crippen LogP contribution in [0, 0.1) is 0 Å². The van der Waals surface area contributed by atoms with E-state index in [0.29, 0.717) is 0 Å². The summed E-state index contributed by atoms with van der Waals surface area (Å²) < 4.78 is 2.08. The average molecular weight is 245 g/mol. The van der Waals surface area contributed by atoms with Crippen LogP contribution in [0.2, 0.25) is 0 Å². The third-order valence-electron chi connectivity index (χ3n) is 1.71. The van der Waals surface area contributed by atoms with Crippen molar-refractivity contribution in [2.24, 2.45) is 0 Å². The predicted octanol–water partition coefficient (Wildman–Crippen LogP) is 2.72. The van der Waals surface area contributed by atoms with Crippen LogP contribution in [0.5, 0.6) is 0 Å². The summed E-state index contributed by atoms with van der Waals surface area (Å²) in [5.41, 5.74) is 1.20. The van der Waals surface area contributed by atoms with Crippen molar-refractivity contribution in [3.05, 3.63) is 23.5 Å². The van der Waals surface area contributed by atoms with Gasteiger partial charge in [0, 0.05) is 23.1 Å². The van der Waals surface area contributed by atoms with Gasteiger partial charge in [-0.1, -0.05) is 15.9 Å². The molecule has 2 heterocycles. The smallest absolute Gasteiger partial charge is 0.193 e. The molecule has 0 aromatic carbocycles. The first-order valence-electron chi connectivity index (χ1n) is 3.87. The minimum atomic E-state index is 1.05. The number of hydrogen-bond acceptors (Lipinski definition) is 2. The Kier molecular flexibility index (Phi) is 2.46. The largest absolute Gasteiger partial charge is 0.297 e. The van der Waals surface area contributed by atoms with Crippen molar-refractivity contribution in [1.29, 1.82) is 0 Å². The van der Waals surface area contributed by atoms with Crippen molar-refractivity contribution in [3.8, 4) is 0 Å². The number of rotatable bonds is 3. The first-order chi connectivity index (χ1) is 5.90. The standard InChI is InChI=1S/C8H9BrN2S/c9-3-1-2-7-6-11-4-5-12-8(11)10-7/h4-6H,1-3H2. The number of fused-ring (bicyclic) bond motifs is 1. The zero-order valence-electron chi connectivity index (χ0n) is 6.53. The van der Waals surface area contributed by atoms with Crippen molar-refractivity contribution in [2.75, 3.05) is 5.33 Å². The monoisotopic (exact) mass is 244 g/mol. The van der Waals surface area contributed by atoms with Crippen LogP contribution in [0.3, 0.4) is 0 Å². The molecule has 2 nitrogen and oxygen atoms in total. The molecule has 2 rings (SSSR count). The normalized spacial score (nSPS) is 11.1. The van der Waals surface area contributed by atoms with Gasteiger partial charge in [0.1, 0.15) is 0 Å². The van der Waals surface area contributed by atoms with Gasteiger partial charge in [0.15, 0.2) is 4.96 Å². The Morgan fingerprint density at radius 3 is 3.25 bits per heavy atom. The lowest BCUT2D eigenvalue weighted by atomic mass is 10.3. The molecule has 0 aliphatic heterocycles. The molecule has 0 saturated heterocycles. The van der Waals surface area contributed by atoms with Gasteiger partial charge in [-0.2, -0.15) is 0 Å². The number of alkyl halides is 1. The number of halogens is 1. The van der Waals surface area contributed by atoms with E-state index in [4.69, 9.17) is 0 Å². The maximum atomic E-state index is 4.47. The Morgan fingerprint density at radius 1 is 1.58 bits per heavy atom. The lowest BCUT2D eigenvalue weighted by Gasteiger charge is -1.89. The van der Waals surface area contributed by atoms with Gasteiger partial charge < -0.3 is 0 Å². The number of imidazole rings is 1. The maximum Gasteiger partial charge on any atom is 0.193 e. The summed E-state index contributed by atoms with van der Waals surface area (Å²) in [4.78, 5) is 5.57. The molecule has 0 aliphatic carbocycles. The maximum absolute atomic E-state index is 4.47. The van der Waals surface area contributed by atoms with Crippen molar-refractivity contribution < 1.29 is 0 Å². The second-order valence-corrected chi connectivity index (χ2v) is 4.28. The van der Waals surface area contributed by atoms with E-state index in [1.807, 2.05) is 6.20 Å². The first-order valence-corrected chi connectivity index (χ1v) is 5.87. The third-order valence-corrected chi connectivity index (χ3v) is 3.04. The molecule has 64 valence electrons. The van der Waals surface area contributed by atoms with Gasteiger partial charge in [0.25, 0.3) is 0 Å². The average Bonchev–Trinajstić information content (AvgIpc) is 2.58. The molecular weight excluding hydrogens is 236 g/mol. The Morgan fingerprint density at radius 2 is 2.50 bits per heavy atom. The third kappa shape index (κ3) is 1.54. The van der Waals surface area contributed by atoms with Gasteiger partial charge in [-0.05, 0) is 12.8 Å². The number of thiazole rings is 1. The molecule has 0 spiro atoms. The molecule has 2 aromatic rings. The van der Waals surface area contributed by atoms with E-state index in [1.165, 1.54) is 5.69 Å². The Hall–Kier alpha value is -0.350. The Balaban J connectivity index is 2.21. The van der Waals surface area contributed by atoms with E-state index in [1.54, 1.807) is 11.3 Å². The fourth-order valence-corrected chi connectivity index (χ4v) is 2.14. The summed E-state index contributed by atoms with van der Waals surface area (Å²) in [5.74, 6) is 0. The number of aryl methyl sites for hydroxylation is 1. The predicted molar refractivity (Wildman–Crippen MR) is 55.2 cm³/mol. The molecule has 12 heavy (non-hydrogen) atoms. The van der Waals surface area contributed by atoms with Gasteiger partial charge in [-0.25, -0.2) is 4.98 Å². The van der Waals surface area contributed by atoms with Crippen molar-refractivity contribution in [2.45, 2.75) is 12.8 Å². The van der Waals surface area contributed by atoms with Gasteiger partial charge in [-0.3, -0.25) is 4.40 Å². The fraction of sp³-hybridized carbons (Fsp3) is 0.375. The number of nitrogens with zero attached hydrogens (tertiary/aromatic N) is 2. The lowest BCUT2D eigenvalue weighted by molar-refractivity contribution is 0.909. The SMILES string of the molecule is BrCCCc1cn2ccsc2n1. The van der Waals surface area contributed by atoms with Crippen LogP contribution < -0.4 is 0 Å². The van der Waals surface area contributed by atoms with Crippen LogP contribution in [0.25, 0.3) is 4.96 Å². The Bertz CT molecular complexity index is 337. The summed E-state index contributed by atoms with van der Waals surface area (Å²) >= 11 is 5.09. The van der Waals surface area contributed by atoms with Crippen molar-refractivity contribution in [1.82, 2.24) is 9.38 Å². The van der Waals surface area contributed by atoms with E-state index in [2.05, 4.69) is 36.9 Å². The molecule has 0 saturated carbocycles. The summed E-state index contributed by atoms with van der Waals surface area (Å²) in [5, 5.41) is 3.11. The molecule has 0 amide bonds. The molecule has 0 aliphatic rings. The molecule has 0 atom stereocenters. The van der Waals surface area contributed by atoms with Crippen LogP contribution in [-0.4, -0.2) is 14.7 Å². The highest BCUT2D eigenvalue weighted by Crippen LogP contribution is 2.12. The van der Waals surface area contributed by atoms with Crippen molar-refractivity contribution in [3.63, 3.8) is 0 Å². The first kappa shape index (κ1) is 8.26. The minimum absolute atomic E-state index is 1.05. The summed E-state index contributed by atoms with van der Waals surface area (Å²) in [6, 6.07) is 0. The van der Waals surface area contributed by atoms with Crippen LogP contribution in [0.4, 0.5) is 0 Å². The van der Waals surface area contributed by atoms with E-state index in [-0.39, 0.29) is 0 Å². The van der Waals surface area contributed by atoms with Gasteiger partial charge in [0.05, 0.1) is 5.69 Å². The van der Waals surface area contributed by atoms with Crippen LogP contribution in [0.1, 0.15) is 12.1 Å². The van der Waals surface area contributed by atoms with E-state index in [0.717, 1.165) is 23.1 Å². The highest BCUT2D eigenvalue weighted by atomic mass is 79.9. The lowest BCUT2D eigenvalue weighted by Crippen LogP contribution is -1.84. The topological polar surface area (TPSA) is 17.3 Å². The zero-order chi connectivity index (χ0) is 8.39. The number of aromatic nitrogens is 2. The molecular formula is C8H9BrN2S. The van der Waals surface area contributed by atoms with E-state index < -0.39 is 0 Å². The molecule has 0 N–H and O–H groups in total. The Labute approximate surface area is 83.4 Å². The van der Waals surface area contributed by atoms with Crippen molar-refractivity contribution >= 4 is 32.2 Å². The fourth-order valence-electron chi connectivity index (χ4n) is 1.14. The molecule has 2 aromatic heterocycles. The minimum Gasteiger partial charge on any atom is -0.297 e. The summed E-state index contributed by atoms with van der Waals surface area (Å²) in [6.07, 6.45) is 6.38. The van der Waals surface area contributed by atoms with Gasteiger partial charge >= 0.3 is 0 Å². The second kappa shape index (κ2) is 3.58. The van der Waals surface area contributed by atoms with E-state index >= 15 is 0 Å². The molecule has 0 bridgehead atoms. The van der Waals surface area contributed by atoms with Gasteiger partial charge in [0.2, 0.25) is 0 Å². The molecule has 4 heteroatoms. The summed E-state index contributed by atoms with van der Waals surface area (Å²) in [6.45, 7) is 0. The van der Waals surface area contributed by atoms with Gasteiger partial charge in [-0.15, -0.1) is 11.3 Å².